The van der Waals surface area contributed by atoms with Crippen LogP contribution in [0, 0.1) is 0 Å². The third-order valence-corrected chi connectivity index (χ3v) is 8.12. The van der Waals surface area contributed by atoms with E-state index in [9.17, 15) is 30.0 Å². The van der Waals surface area contributed by atoms with E-state index in [2.05, 4.69) is 13.8 Å². The first-order chi connectivity index (χ1) is 20.3. The fraction of sp³-hybridized carbons (Fsp3) is 0.944. The van der Waals surface area contributed by atoms with Gasteiger partial charge in [-0.05, 0) is 51.4 Å². The molecule has 43 heavy (non-hydrogen) atoms. The first-order valence-electron chi connectivity index (χ1n) is 18.1. The van der Waals surface area contributed by atoms with Crippen LogP contribution in [0.5, 0.6) is 0 Å². The van der Waals surface area contributed by atoms with E-state index >= 15 is 0 Å². The summed E-state index contributed by atoms with van der Waals surface area (Å²) in [4.78, 5) is 20.5. The number of hydrogen-bond acceptors (Lipinski definition) is 6. The third-order valence-electron chi connectivity index (χ3n) is 8.12. The van der Waals surface area contributed by atoms with Crippen LogP contribution in [0.25, 0.3) is 0 Å². The van der Waals surface area contributed by atoms with Crippen LogP contribution in [0.4, 0.5) is 0 Å². The van der Waals surface area contributed by atoms with Gasteiger partial charge in [0.2, 0.25) is 0 Å². The molecule has 0 aliphatic heterocycles. The topological polar surface area (TPSA) is 121 Å². The first kappa shape index (κ1) is 47.8. The van der Waals surface area contributed by atoms with Crippen molar-refractivity contribution in [2.75, 3.05) is 0 Å². The van der Waals surface area contributed by atoms with Gasteiger partial charge in [-0.3, -0.25) is 0 Å². The van der Waals surface area contributed by atoms with Crippen LogP contribution >= 0.6 is 0 Å². The zero-order valence-corrected chi connectivity index (χ0v) is 33.0. The summed E-state index contributed by atoms with van der Waals surface area (Å²) in [5.41, 5.74) is 0. The van der Waals surface area contributed by atoms with Crippen molar-refractivity contribution in [2.24, 2.45) is 0 Å². The predicted molar refractivity (Wildman–Crippen MR) is 178 cm³/mol. The van der Waals surface area contributed by atoms with Crippen LogP contribution < -0.4 is 10.2 Å². The number of carbonyl (C=O) groups is 2. The van der Waals surface area contributed by atoms with Crippen molar-refractivity contribution in [3.05, 3.63) is 0 Å². The first-order valence-corrected chi connectivity index (χ1v) is 18.1. The molecule has 0 aromatic rings. The predicted octanol–water partition coefficient (Wildman–Crippen LogP) is 7.56. The van der Waals surface area contributed by atoms with Gasteiger partial charge in [-0.1, -0.05) is 155 Å². The van der Waals surface area contributed by atoms with Crippen LogP contribution in [0.1, 0.15) is 206 Å². The van der Waals surface area contributed by atoms with Crippen molar-refractivity contribution >= 4 is 60.8 Å². The molecule has 0 aliphatic carbocycles. The standard InChI is InChI=1S/2C18H36O3.Ba/c2*1-2-3-4-5-6-7-8-9-10-11-14-17(19)15-12-13-16-18(20)21;/h2*17,19H,2-16H2,1H3,(H,20,21);/q;;+2/p-2. The van der Waals surface area contributed by atoms with Gasteiger partial charge >= 0.3 is 48.9 Å². The van der Waals surface area contributed by atoms with Gasteiger partial charge in [0.05, 0.1) is 12.2 Å². The average molecular weight is 736 g/mol. The van der Waals surface area contributed by atoms with Gasteiger partial charge in [-0.2, -0.15) is 0 Å². The monoisotopic (exact) mass is 736 g/mol. The summed E-state index contributed by atoms with van der Waals surface area (Å²) in [6.07, 6.45) is 32.0. The molecule has 0 radical (unpaired) electrons. The van der Waals surface area contributed by atoms with Crippen molar-refractivity contribution < 1.29 is 30.0 Å². The molecule has 0 saturated heterocycles. The summed E-state index contributed by atoms with van der Waals surface area (Å²) < 4.78 is 0. The molecule has 0 amide bonds. The van der Waals surface area contributed by atoms with E-state index < -0.39 is 11.9 Å². The Hall–Kier alpha value is 0.431. The van der Waals surface area contributed by atoms with Crippen LogP contribution in [0.2, 0.25) is 0 Å². The molecule has 2 atom stereocenters. The maximum absolute atomic E-state index is 10.2. The maximum Gasteiger partial charge on any atom is 2.00 e. The van der Waals surface area contributed by atoms with E-state index in [1.807, 2.05) is 0 Å². The van der Waals surface area contributed by atoms with Crippen LogP contribution in [-0.4, -0.2) is 83.2 Å². The Kier molecular flexibility index (Phi) is 45.0. The fourth-order valence-corrected chi connectivity index (χ4v) is 5.32. The number of aliphatic hydroxyl groups excluding tert-OH is 2. The molecule has 7 heteroatoms. The molecule has 0 aromatic heterocycles. The number of unbranched alkanes of at least 4 members (excludes halogenated alkanes) is 20. The number of rotatable bonds is 32. The molecule has 6 nitrogen and oxygen atoms in total. The summed E-state index contributed by atoms with van der Waals surface area (Å²) in [7, 11) is 0. The Morgan fingerprint density at radius 2 is 0.628 bits per heavy atom. The minimum atomic E-state index is -0.987. The van der Waals surface area contributed by atoms with Gasteiger partial charge in [0, 0.05) is 11.9 Å². The smallest absolute Gasteiger partial charge is 0.550 e. The molecule has 252 valence electrons. The van der Waals surface area contributed by atoms with E-state index in [4.69, 9.17) is 0 Å². The Bertz CT molecular complexity index is 512. The van der Waals surface area contributed by atoms with Gasteiger partial charge in [-0.25, -0.2) is 0 Å². The minimum Gasteiger partial charge on any atom is -0.550 e. The Morgan fingerprint density at radius 1 is 0.419 bits per heavy atom. The number of carboxylic acid groups (broad SMARTS) is 2. The number of aliphatic carboxylic acids is 2. The molecular formula is C36H70BaO6. The van der Waals surface area contributed by atoms with Crippen molar-refractivity contribution in [1.82, 2.24) is 0 Å². The Balaban J connectivity index is -0.000000727. The molecule has 0 bridgehead atoms. The minimum absolute atomic E-state index is 0. The SMILES string of the molecule is CCCCCCCCCCCCC(O)CCCCC(=O)[O-].CCCCCCCCCCCCC(O)CCCCC(=O)[O-].[Ba+2]. The molecule has 2 unspecified atom stereocenters. The number of carboxylic acids is 2. The van der Waals surface area contributed by atoms with Gasteiger partial charge < -0.3 is 30.0 Å². The second-order valence-corrected chi connectivity index (χ2v) is 12.5. The molecule has 0 aliphatic rings. The summed E-state index contributed by atoms with van der Waals surface area (Å²) in [5, 5.41) is 40.0. The van der Waals surface area contributed by atoms with E-state index in [0.29, 0.717) is 12.8 Å². The van der Waals surface area contributed by atoms with E-state index in [1.165, 1.54) is 116 Å². The van der Waals surface area contributed by atoms with Crippen LogP contribution in [-0.2, 0) is 9.59 Å². The summed E-state index contributed by atoms with van der Waals surface area (Å²) in [6.45, 7) is 4.50. The number of carbonyl (C=O) groups excluding carboxylic acids is 2. The largest absolute Gasteiger partial charge is 2.00 e. The number of hydrogen-bond donors (Lipinski definition) is 2. The normalized spacial score (nSPS) is 12.2. The molecular weight excluding hydrogens is 666 g/mol. The average Bonchev–Trinajstić information content (AvgIpc) is 2.95. The molecule has 0 saturated carbocycles. The van der Waals surface area contributed by atoms with Crippen LogP contribution in [0.3, 0.4) is 0 Å². The molecule has 0 heterocycles. The molecule has 0 rings (SSSR count). The van der Waals surface area contributed by atoms with Crippen molar-refractivity contribution in [1.29, 1.82) is 0 Å². The van der Waals surface area contributed by atoms with Gasteiger partial charge in [0.1, 0.15) is 0 Å². The quantitative estimate of drug-likeness (QED) is 0.0544. The molecule has 0 aromatic carbocycles. The van der Waals surface area contributed by atoms with Crippen LogP contribution in [0.15, 0.2) is 0 Å². The third kappa shape index (κ3) is 47.0. The van der Waals surface area contributed by atoms with E-state index in [-0.39, 0.29) is 73.9 Å². The fourth-order valence-electron chi connectivity index (χ4n) is 5.32. The second kappa shape index (κ2) is 40.5. The summed E-state index contributed by atoms with van der Waals surface area (Å²) >= 11 is 0. The maximum atomic E-state index is 10.2. The molecule has 2 N–H and O–H groups in total. The zero-order chi connectivity index (χ0) is 31.5. The van der Waals surface area contributed by atoms with Gasteiger partial charge in [0.15, 0.2) is 0 Å². The number of aliphatic hydroxyl groups is 2. The van der Waals surface area contributed by atoms with E-state index in [0.717, 1.165) is 51.4 Å². The van der Waals surface area contributed by atoms with Crippen molar-refractivity contribution in [2.45, 2.75) is 219 Å². The Labute approximate surface area is 307 Å². The van der Waals surface area contributed by atoms with Crippen molar-refractivity contribution in [3.63, 3.8) is 0 Å². The second-order valence-electron chi connectivity index (χ2n) is 12.5. The summed E-state index contributed by atoms with van der Waals surface area (Å²) in [5.74, 6) is -1.97. The van der Waals surface area contributed by atoms with E-state index in [1.54, 1.807) is 0 Å². The summed E-state index contributed by atoms with van der Waals surface area (Å²) in [6, 6.07) is 0. The molecule has 0 fully saturated rings. The van der Waals surface area contributed by atoms with Gasteiger partial charge in [0.25, 0.3) is 0 Å². The zero-order valence-electron chi connectivity index (χ0n) is 28.6. The van der Waals surface area contributed by atoms with Gasteiger partial charge in [-0.15, -0.1) is 0 Å². The molecule has 0 spiro atoms. The Morgan fingerprint density at radius 3 is 0.860 bits per heavy atom. The van der Waals surface area contributed by atoms with Crippen molar-refractivity contribution in [3.8, 4) is 0 Å².